The largest absolute Gasteiger partial charge is 0.384 e. The van der Waals surface area contributed by atoms with Crippen LogP contribution in [0.3, 0.4) is 0 Å². The van der Waals surface area contributed by atoms with Gasteiger partial charge in [0.1, 0.15) is 0 Å². The molecule has 0 unspecified atom stereocenters. The molecule has 4 heteroatoms. The maximum Gasteiger partial charge on any atom is 0.230 e. The van der Waals surface area contributed by atoms with Crippen LogP contribution in [0.1, 0.15) is 25.8 Å². The molecule has 0 saturated carbocycles. The van der Waals surface area contributed by atoms with E-state index in [1.165, 1.54) is 5.56 Å². The summed E-state index contributed by atoms with van der Waals surface area (Å²) in [6.07, 6.45) is 1.03. The number of carbonyl (C=O) groups excluding carboxylic acids is 1. The molecule has 1 amide bonds. The van der Waals surface area contributed by atoms with Gasteiger partial charge in [0, 0.05) is 39.8 Å². The summed E-state index contributed by atoms with van der Waals surface area (Å²) in [6, 6.07) is 10.5. The van der Waals surface area contributed by atoms with Crippen molar-refractivity contribution in [3.8, 4) is 0 Å². The molecular weight excluding hydrogens is 276 g/mol. The van der Waals surface area contributed by atoms with Crippen molar-refractivity contribution in [2.24, 2.45) is 5.41 Å². The zero-order valence-electron chi connectivity index (χ0n) is 14.0. The molecular formula is C18H28N2O2. The van der Waals surface area contributed by atoms with Crippen LogP contribution in [0.5, 0.6) is 0 Å². The maximum absolute atomic E-state index is 12.7. The van der Waals surface area contributed by atoms with Gasteiger partial charge in [-0.25, -0.2) is 0 Å². The molecule has 0 aliphatic carbocycles. The van der Waals surface area contributed by atoms with Crippen LogP contribution in [0.2, 0.25) is 0 Å². The van der Waals surface area contributed by atoms with E-state index < -0.39 is 5.41 Å². The van der Waals surface area contributed by atoms with Crippen LogP contribution in [0.15, 0.2) is 30.3 Å². The third kappa shape index (κ3) is 4.55. The Balaban J connectivity index is 1.91. The van der Waals surface area contributed by atoms with Crippen LogP contribution in [-0.2, 0) is 16.1 Å². The van der Waals surface area contributed by atoms with Gasteiger partial charge in [-0.2, -0.15) is 0 Å². The molecule has 1 heterocycles. The lowest BCUT2D eigenvalue weighted by molar-refractivity contribution is -0.143. The van der Waals surface area contributed by atoms with E-state index in [1.807, 2.05) is 24.8 Å². The second-order valence-corrected chi connectivity index (χ2v) is 6.72. The van der Waals surface area contributed by atoms with Crippen LogP contribution < -0.4 is 0 Å². The summed E-state index contributed by atoms with van der Waals surface area (Å²) >= 11 is 0. The summed E-state index contributed by atoms with van der Waals surface area (Å²) in [6.45, 7) is 8.99. The first-order valence-corrected chi connectivity index (χ1v) is 8.07. The molecule has 0 atom stereocenters. The van der Waals surface area contributed by atoms with E-state index in [0.717, 1.165) is 39.1 Å². The van der Waals surface area contributed by atoms with Gasteiger partial charge in [-0.1, -0.05) is 30.3 Å². The van der Waals surface area contributed by atoms with Gasteiger partial charge >= 0.3 is 0 Å². The van der Waals surface area contributed by atoms with E-state index >= 15 is 0 Å². The van der Waals surface area contributed by atoms with Crippen molar-refractivity contribution in [2.75, 3.05) is 39.9 Å². The summed E-state index contributed by atoms with van der Waals surface area (Å²) in [5, 5.41) is 0. The van der Waals surface area contributed by atoms with Crippen molar-refractivity contribution < 1.29 is 9.53 Å². The van der Waals surface area contributed by atoms with Gasteiger partial charge in [0.25, 0.3) is 0 Å². The second kappa shape index (κ2) is 7.75. The van der Waals surface area contributed by atoms with Gasteiger partial charge in [-0.05, 0) is 25.8 Å². The minimum atomic E-state index is -0.441. The molecule has 0 radical (unpaired) electrons. The number of rotatable bonds is 5. The maximum atomic E-state index is 12.7. The molecule has 1 aromatic rings. The summed E-state index contributed by atoms with van der Waals surface area (Å²) in [5.74, 6) is 0.205. The Morgan fingerprint density at radius 1 is 1.14 bits per heavy atom. The van der Waals surface area contributed by atoms with Crippen molar-refractivity contribution in [3.05, 3.63) is 35.9 Å². The number of hydrogen-bond donors (Lipinski definition) is 0. The Hall–Kier alpha value is -1.39. The Morgan fingerprint density at radius 2 is 1.86 bits per heavy atom. The Morgan fingerprint density at radius 3 is 2.55 bits per heavy atom. The van der Waals surface area contributed by atoms with Crippen LogP contribution in [0, 0.1) is 5.41 Å². The van der Waals surface area contributed by atoms with E-state index in [9.17, 15) is 4.79 Å². The molecule has 1 aliphatic heterocycles. The first kappa shape index (κ1) is 17.0. The van der Waals surface area contributed by atoms with Crippen molar-refractivity contribution >= 4 is 5.91 Å². The molecule has 1 saturated heterocycles. The van der Waals surface area contributed by atoms with E-state index in [2.05, 4.69) is 29.2 Å². The lowest BCUT2D eigenvalue weighted by Gasteiger charge is -2.30. The molecule has 4 nitrogen and oxygen atoms in total. The highest BCUT2D eigenvalue weighted by molar-refractivity contribution is 5.82. The van der Waals surface area contributed by atoms with E-state index in [-0.39, 0.29) is 5.91 Å². The first-order chi connectivity index (χ1) is 10.5. The molecule has 0 aromatic heterocycles. The number of benzene rings is 1. The van der Waals surface area contributed by atoms with E-state index in [0.29, 0.717) is 6.61 Å². The van der Waals surface area contributed by atoms with Crippen molar-refractivity contribution in [3.63, 3.8) is 0 Å². The number of hydrogen-bond acceptors (Lipinski definition) is 3. The monoisotopic (exact) mass is 304 g/mol. The fourth-order valence-corrected chi connectivity index (χ4v) is 3.02. The normalized spacial score (nSPS) is 17.3. The fraction of sp³-hybridized carbons (Fsp3) is 0.611. The Labute approximate surface area is 134 Å². The predicted octanol–water partition coefficient (Wildman–Crippen LogP) is 2.39. The first-order valence-electron chi connectivity index (χ1n) is 8.07. The van der Waals surface area contributed by atoms with Gasteiger partial charge in [0.15, 0.2) is 0 Å². The summed E-state index contributed by atoms with van der Waals surface area (Å²) in [4.78, 5) is 17.1. The van der Waals surface area contributed by atoms with Gasteiger partial charge in [-0.3, -0.25) is 9.69 Å². The van der Waals surface area contributed by atoms with Crippen molar-refractivity contribution in [2.45, 2.75) is 26.8 Å². The highest BCUT2D eigenvalue weighted by Gasteiger charge is 2.32. The molecule has 1 fully saturated rings. The van der Waals surface area contributed by atoms with Crippen LogP contribution in [-0.4, -0.2) is 55.6 Å². The van der Waals surface area contributed by atoms with Crippen molar-refractivity contribution in [1.29, 1.82) is 0 Å². The van der Waals surface area contributed by atoms with Crippen LogP contribution in [0.25, 0.3) is 0 Å². The number of nitrogens with zero attached hydrogens (tertiary/aromatic N) is 2. The number of methoxy groups -OCH3 is 1. The molecule has 0 bridgehead atoms. The highest BCUT2D eigenvalue weighted by Crippen LogP contribution is 2.20. The van der Waals surface area contributed by atoms with Gasteiger partial charge in [0.05, 0.1) is 12.0 Å². The third-order valence-corrected chi connectivity index (χ3v) is 4.21. The smallest absolute Gasteiger partial charge is 0.230 e. The summed E-state index contributed by atoms with van der Waals surface area (Å²) in [5.41, 5.74) is 0.894. The van der Waals surface area contributed by atoms with Gasteiger partial charge < -0.3 is 9.64 Å². The second-order valence-electron chi connectivity index (χ2n) is 6.72. The SMILES string of the molecule is COCC(C)(C)C(=O)N1CCCN(Cc2ccccc2)CC1. The lowest BCUT2D eigenvalue weighted by Crippen LogP contribution is -2.44. The average molecular weight is 304 g/mol. The quantitative estimate of drug-likeness (QED) is 0.837. The minimum absolute atomic E-state index is 0.205. The minimum Gasteiger partial charge on any atom is -0.384 e. The molecule has 1 aromatic carbocycles. The lowest BCUT2D eigenvalue weighted by atomic mass is 9.92. The fourth-order valence-electron chi connectivity index (χ4n) is 3.02. The summed E-state index contributed by atoms with van der Waals surface area (Å²) in [7, 11) is 1.65. The highest BCUT2D eigenvalue weighted by atomic mass is 16.5. The standard InChI is InChI=1S/C18H28N2O2/c1-18(2,15-22-3)17(21)20-11-7-10-19(12-13-20)14-16-8-5-4-6-9-16/h4-6,8-9H,7,10-15H2,1-3H3. The third-order valence-electron chi connectivity index (χ3n) is 4.21. The van der Waals surface area contributed by atoms with Crippen LogP contribution >= 0.6 is 0 Å². The zero-order valence-corrected chi connectivity index (χ0v) is 14.0. The summed E-state index contributed by atoms with van der Waals surface area (Å²) < 4.78 is 5.19. The van der Waals surface area contributed by atoms with Crippen molar-refractivity contribution in [1.82, 2.24) is 9.80 Å². The van der Waals surface area contributed by atoms with Gasteiger partial charge in [-0.15, -0.1) is 0 Å². The molecule has 0 N–H and O–H groups in total. The van der Waals surface area contributed by atoms with E-state index in [4.69, 9.17) is 4.74 Å². The molecule has 22 heavy (non-hydrogen) atoms. The predicted molar refractivity (Wildman–Crippen MR) is 88.6 cm³/mol. The molecule has 2 rings (SSSR count). The number of carbonyl (C=O) groups is 1. The Bertz CT molecular complexity index is 473. The topological polar surface area (TPSA) is 32.8 Å². The van der Waals surface area contributed by atoms with E-state index in [1.54, 1.807) is 7.11 Å². The zero-order chi connectivity index (χ0) is 16.0. The average Bonchev–Trinajstić information content (AvgIpc) is 2.73. The number of ether oxygens (including phenoxy) is 1. The molecule has 0 spiro atoms. The molecule has 1 aliphatic rings. The van der Waals surface area contributed by atoms with Crippen LogP contribution in [0.4, 0.5) is 0 Å². The molecule has 122 valence electrons. The Kier molecular flexibility index (Phi) is 5.98. The van der Waals surface area contributed by atoms with Gasteiger partial charge in [0.2, 0.25) is 5.91 Å². The number of amides is 1.